The van der Waals surface area contributed by atoms with Crippen LogP contribution in [0.4, 0.5) is 13.2 Å². The number of aromatic amines is 1. The summed E-state index contributed by atoms with van der Waals surface area (Å²) < 4.78 is 65.6. The molecule has 1 heterocycles. The van der Waals surface area contributed by atoms with Crippen LogP contribution in [0.1, 0.15) is 44.4 Å². The topological polar surface area (TPSA) is 82.3 Å². The number of fused-ring (bicyclic) bond motifs is 1. The molecule has 2 N–H and O–H groups in total. The number of nitrogens with one attached hydrogen (secondary N) is 2. The van der Waals surface area contributed by atoms with Gasteiger partial charge in [0, 0.05) is 29.3 Å². The number of aromatic nitrogens is 1. The smallest absolute Gasteiger partial charge is 0.358 e. The number of alkyl halides is 3. The molecule has 3 aromatic rings. The van der Waals surface area contributed by atoms with Crippen LogP contribution < -0.4 is 5.32 Å². The molecule has 2 aromatic carbocycles. The zero-order valence-electron chi connectivity index (χ0n) is 21.8. The minimum atomic E-state index is -4.45. The number of sulfone groups is 1. The Morgan fingerprint density at radius 3 is 2.47 bits per heavy atom. The van der Waals surface area contributed by atoms with Crippen LogP contribution >= 0.6 is 0 Å². The molecule has 206 valence electrons. The first-order valence-electron chi connectivity index (χ1n) is 12.8. The molecule has 1 fully saturated rings. The minimum absolute atomic E-state index is 0.0417. The lowest BCUT2D eigenvalue weighted by molar-refractivity contribution is -0.137. The van der Waals surface area contributed by atoms with Crippen molar-refractivity contribution in [3.63, 3.8) is 0 Å². The molecule has 3 atom stereocenters. The Hall–Kier alpha value is -2.85. The number of halogens is 3. The molecule has 4 rings (SSSR count). The van der Waals surface area contributed by atoms with E-state index in [-0.39, 0.29) is 41.0 Å². The van der Waals surface area contributed by atoms with Crippen LogP contribution in [0.5, 0.6) is 0 Å². The van der Waals surface area contributed by atoms with Crippen LogP contribution in [0.3, 0.4) is 0 Å². The fourth-order valence-electron chi connectivity index (χ4n) is 5.30. The number of hydrogen-bond donors (Lipinski definition) is 2. The van der Waals surface area contributed by atoms with E-state index in [1.165, 1.54) is 6.07 Å². The number of nitrogens with zero attached hydrogens (tertiary/aromatic N) is 1. The van der Waals surface area contributed by atoms with Crippen molar-refractivity contribution in [1.29, 1.82) is 0 Å². The average molecular weight is 550 g/mol. The van der Waals surface area contributed by atoms with E-state index in [0.717, 1.165) is 18.6 Å². The molecule has 1 aliphatic carbocycles. The number of carbonyl (C=O) groups excluding carboxylic acids is 1. The summed E-state index contributed by atoms with van der Waals surface area (Å²) in [7, 11) is -1.52. The van der Waals surface area contributed by atoms with Crippen molar-refractivity contribution in [3.05, 3.63) is 65.9 Å². The van der Waals surface area contributed by atoms with Gasteiger partial charge < -0.3 is 15.2 Å². The van der Waals surface area contributed by atoms with Crippen molar-refractivity contribution in [1.82, 2.24) is 15.2 Å². The number of amides is 1. The molecule has 0 bridgehead atoms. The highest BCUT2D eigenvalue weighted by Crippen LogP contribution is 2.33. The first-order chi connectivity index (χ1) is 17.8. The monoisotopic (exact) mass is 549 g/mol. The molecule has 38 heavy (non-hydrogen) atoms. The Bertz CT molecular complexity index is 1370. The van der Waals surface area contributed by atoms with Gasteiger partial charge in [0.05, 0.1) is 22.6 Å². The van der Waals surface area contributed by atoms with Gasteiger partial charge in [-0.1, -0.05) is 24.3 Å². The molecular formula is C28H34F3N3O3S. The number of benzene rings is 2. The molecule has 0 saturated heterocycles. The second-order valence-corrected chi connectivity index (χ2v) is 12.6. The molecule has 0 radical (unpaired) electrons. The van der Waals surface area contributed by atoms with Gasteiger partial charge in [-0.3, -0.25) is 4.79 Å². The minimum Gasteiger partial charge on any atom is -0.358 e. The van der Waals surface area contributed by atoms with E-state index in [9.17, 15) is 26.4 Å². The van der Waals surface area contributed by atoms with Gasteiger partial charge in [-0.2, -0.15) is 13.2 Å². The molecule has 10 heteroatoms. The molecule has 1 aromatic heterocycles. The van der Waals surface area contributed by atoms with Gasteiger partial charge in [0.2, 0.25) is 5.91 Å². The SMILES string of the molecule is CC(C)N(C)[C@H]1CC[C@H](NC(=O)Cc2cc3ccc(C(F)(F)F)cc3[nH]2)[C@@H](CS(=O)(=O)c2ccccc2)C1. The van der Waals surface area contributed by atoms with Crippen molar-refractivity contribution in [2.45, 2.75) is 68.7 Å². The largest absolute Gasteiger partial charge is 0.416 e. The van der Waals surface area contributed by atoms with Crippen molar-refractivity contribution in [2.75, 3.05) is 12.8 Å². The van der Waals surface area contributed by atoms with Crippen LogP contribution in [0.25, 0.3) is 10.9 Å². The number of H-pyrrole nitrogens is 1. The quantitative estimate of drug-likeness (QED) is 0.405. The third-order valence-corrected chi connectivity index (χ3v) is 9.44. The van der Waals surface area contributed by atoms with Gasteiger partial charge >= 0.3 is 6.18 Å². The molecule has 6 nitrogen and oxygen atoms in total. The highest BCUT2D eigenvalue weighted by molar-refractivity contribution is 7.91. The van der Waals surface area contributed by atoms with Gasteiger partial charge in [-0.25, -0.2) is 8.42 Å². The summed E-state index contributed by atoms with van der Waals surface area (Å²) in [5, 5.41) is 3.63. The number of rotatable bonds is 8. The molecule has 0 spiro atoms. The highest BCUT2D eigenvalue weighted by Gasteiger charge is 2.37. The summed E-state index contributed by atoms with van der Waals surface area (Å²) in [5.41, 5.74) is 0.0543. The van der Waals surface area contributed by atoms with E-state index >= 15 is 0 Å². The first kappa shape index (κ1) is 28.2. The van der Waals surface area contributed by atoms with Crippen molar-refractivity contribution in [3.8, 4) is 0 Å². The summed E-state index contributed by atoms with van der Waals surface area (Å²) in [6, 6.07) is 13.6. The molecule has 1 aliphatic rings. The molecule has 1 saturated carbocycles. The van der Waals surface area contributed by atoms with Crippen LogP contribution in [0, 0.1) is 5.92 Å². The van der Waals surface area contributed by atoms with E-state index < -0.39 is 21.6 Å². The lowest BCUT2D eigenvalue weighted by Crippen LogP contribution is -2.51. The van der Waals surface area contributed by atoms with Crippen molar-refractivity contribution >= 4 is 26.6 Å². The van der Waals surface area contributed by atoms with E-state index in [0.29, 0.717) is 35.5 Å². The average Bonchev–Trinajstić information content (AvgIpc) is 3.25. The third-order valence-electron chi connectivity index (χ3n) is 7.58. The highest BCUT2D eigenvalue weighted by atomic mass is 32.2. The predicted octanol–water partition coefficient (Wildman–Crippen LogP) is 5.20. The second-order valence-electron chi connectivity index (χ2n) is 10.5. The van der Waals surface area contributed by atoms with Gasteiger partial charge in [0.25, 0.3) is 0 Å². The van der Waals surface area contributed by atoms with E-state index in [2.05, 4.69) is 29.0 Å². The molecule has 0 unspecified atom stereocenters. The van der Waals surface area contributed by atoms with Crippen LogP contribution in [0.15, 0.2) is 59.5 Å². The maximum absolute atomic E-state index is 13.2. The van der Waals surface area contributed by atoms with Crippen molar-refractivity contribution < 1.29 is 26.4 Å². The summed E-state index contributed by atoms with van der Waals surface area (Å²) in [6.45, 7) is 4.20. The second kappa shape index (κ2) is 11.1. The summed E-state index contributed by atoms with van der Waals surface area (Å²) in [5.74, 6) is -0.645. The zero-order chi connectivity index (χ0) is 27.7. The van der Waals surface area contributed by atoms with E-state index in [1.54, 1.807) is 36.4 Å². The molecule has 0 aliphatic heterocycles. The number of hydrogen-bond acceptors (Lipinski definition) is 4. The van der Waals surface area contributed by atoms with Gasteiger partial charge in [-0.05, 0) is 81.8 Å². The van der Waals surface area contributed by atoms with Crippen LogP contribution in [-0.2, 0) is 27.2 Å². The fraction of sp³-hybridized carbons (Fsp3) is 0.464. The number of carbonyl (C=O) groups is 1. The molecule has 1 amide bonds. The van der Waals surface area contributed by atoms with Crippen LogP contribution in [0.2, 0.25) is 0 Å². The molecular weight excluding hydrogens is 515 g/mol. The third kappa shape index (κ3) is 6.58. The van der Waals surface area contributed by atoms with Crippen molar-refractivity contribution in [2.24, 2.45) is 5.92 Å². The fourth-order valence-corrected chi connectivity index (χ4v) is 7.00. The van der Waals surface area contributed by atoms with Gasteiger partial charge in [0.15, 0.2) is 9.84 Å². The van der Waals surface area contributed by atoms with Crippen LogP contribution in [-0.4, -0.2) is 55.1 Å². The maximum Gasteiger partial charge on any atom is 0.416 e. The predicted molar refractivity (Wildman–Crippen MR) is 141 cm³/mol. The summed E-state index contributed by atoms with van der Waals surface area (Å²) in [6.07, 6.45) is -2.38. The van der Waals surface area contributed by atoms with E-state index in [1.807, 2.05) is 7.05 Å². The lowest BCUT2D eigenvalue weighted by Gasteiger charge is -2.41. The Balaban J connectivity index is 1.49. The first-order valence-corrected chi connectivity index (χ1v) is 14.5. The maximum atomic E-state index is 13.2. The summed E-state index contributed by atoms with van der Waals surface area (Å²) >= 11 is 0. The summed E-state index contributed by atoms with van der Waals surface area (Å²) in [4.78, 5) is 18.5. The zero-order valence-corrected chi connectivity index (χ0v) is 22.6. The van der Waals surface area contributed by atoms with Gasteiger partial charge in [0.1, 0.15) is 0 Å². The Morgan fingerprint density at radius 2 is 1.82 bits per heavy atom. The lowest BCUT2D eigenvalue weighted by atomic mass is 9.81. The van der Waals surface area contributed by atoms with E-state index in [4.69, 9.17) is 0 Å². The Morgan fingerprint density at radius 1 is 1.11 bits per heavy atom. The normalized spacial score (nSPS) is 20.8. The Kier molecular flexibility index (Phi) is 8.23. The van der Waals surface area contributed by atoms with Gasteiger partial charge in [-0.15, -0.1) is 0 Å². The standard InChI is InChI=1S/C28H34F3N3O3S/c1-18(2)34(3)23-11-12-25(20(14-23)17-38(36,37)24-7-5-4-6-8-24)33-27(35)16-22-13-19-9-10-21(28(29,30)31)15-26(19)32-22/h4-10,13,15,18,20,23,25,32H,11-12,14,16-17H2,1-3H3,(H,33,35)/t20-,23+,25+/m1/s1. The Labute approximate surface area is 221 Å².